The van der Waals surface area contributed by atoms with Gasteiger partial charge in [0.2, 0.25) is 5.75 Å². The van der Waals surface area contributed by atoms with Gasteiger partial charge in [0.05, 0.1) is 98.9 Å². The van der Waals surface area contributed by atoms with Gasteiger partial charge in [0, 0.05) is 16.6 Å². The van der Waals surface area contributed by atoms with E-state index >= 15 is 0 Å². The summed E-state index contributed by atoms with van der Waals surface area (Å²) in [7, 11) is 0. The molecule has 0 bridgehead atoms. The van der Waals surface area contributed by atoms with Crippen LogP contribution < -0.4 is 53.9 Å². The van der Waals surface area contributed by atoms with Crippen LogP contribution in [0.25, 0.3) is 32.3 Å². The summed E-state index contributed by atoms with van der Waals surface area (Å²) in [4.78, 5) is 25.9. The lowest BCUT2D eigenvalue weighted by molar-refractivity contribution is 0.0332. The van der Waals surface area contributed by atoms with Gasteiger partial charge in [-0.3, -0.25) is 19.8 Å². The Labute approximate surface area is 371 Å². The van der Waals surface area contributed by atoms with Crippen LogP contribution in [0.1, 0.15) is 10.4 Å². The van der Waals surface area contributed by atoms with E-state index in [0.717, 1.165) is 32.3 Å². The normalized spacial score (nSPS) is 11.2. The number of hydrogen-bond donors (Lipinski definition) is 7. The summed E-state index contributed by atoms with van der Waals surface area (Å²) in [6.45, 7) is 5.00. The third-order valence-corrected chi connectivity index (χ3v) is 9.21. The average molecular weight is 889 g/mol. The molecule has 20 heteroatoms. The lowest BCUT2D eigenvalue weighted by Crippen LogP contribution is -2.23. The predicted molar refractivity (Wildman–Crippen MR) is 248 cm³/mol. The first-order chi connectivity index (χ1) is 31.2. The van der Waals surface area contributed by atoms with Crippen LogP contribution in [0, 0.1) is 0 Å². The number of nitrogens with two attached hydrogens (primary N) is 6. The minimum Gasteiger partial charge on any atom is -0.487 e. The zero-order valence-corrected chi connectivity index (χ0v) is 36.0. The van der Waals surface area contributed by atoms with Crippen molar-refractivity contribution in [3.8, 4) is 17.2 Å². The Hall–Kier alpha value is -6.42. The van der Waals surface area contributed by atoms with Crippen LogP contribution in [0.2, 0.25) is 0 Å². The molecule has 0 aliphatic rings. The smallest absolute Gasteiger partial charge is 0.255 e. The largest absolute Gasteiger partial charge is 0.487 e. The first kappa shape index (κ1) is 48.6. The molecule has 0 saturated heterocycles. The van der Waals surface area contributed by atoms with E-state index < -0.39 is 0 Å². The molecule has 0 heterocycles. The summed E-state index contributed by atoms with van der Waals surface area (Å²) < 4.78 is 52.4. The zero-order valence-electron chi connectivity index (χ0n) is 36.0. The number of guanidine groups is 3. The van der Waals surface area contributed by atoms with Crippen LogP contribution in [0.5, 0.6) is 17.2 Å². The van der Waals surface area contributed by atoms with E-state index in [1.54, 1.807) is 12.1 Å². The number of hydrogen-bond acceptors (Lipinski definition) is 13. The van der Waals surface area contributed by atoms with E-state index in [9.17, 15) is 4.79 Å². The minimum absolute atomic E-state index is 0.00393. The first-order valence-corrected chi connectivity index (χ1v) is 20.9. The molecule has 0 fully saturated rings. The van der Waals surface area contributed by atoms with Crippen molar-refractivity contribution in [1.82, 2.24) is 0 Å². The fraction of sp³-hybridized carbons (Fsp3) is 0.409. The number of aliphatic imine (C=N–C) groups is 3. The summed E-state index contributed by atoms with van der Waals surface area (Å²) in [6.07, 6.45) is 0. The van der Waals surface area contributed by atoms with E-state index in [4.69, 9.17) is 77.0 Å². The summed E-state index contributed by atoms with van der Waals surface area (Å²) >= 11 is 0. The monoisotopic (exact) mass is 888 g/mol. The first-order valence-electron chi connectivity index (χ1n) is 20.9. The van der Waals surface area contributed by atoms with E-state index in [2.05, 4.69) is 50.6 Å². The number of rotatable bonds is 32. The van der Waals surface area contributed by atoms with Gasteiger partial charge in [-0.2, -0.15) is 0 Å². The van der Waals surface area contributed by atoms with Gasteiger partial charge in [0.15, 0.2) is 29.4 Å². The maximum absolute atomic E-state index is 14.2. The molecule has 5 aromatic carbocycles. The fourth-order valence-electron chi connectivity index (χ4n) is 6.41. The summed E-state index contributed by atoms with van der Waals surface area (Å²) in [5.74, 6) is 0.408. The lowest BCUT2D eigenvalue weighted by Gasteiger charge is -2.19. The van der Waals surface area contributed by atoms with Crippen molar-refractivity contribution in [3.63, 3.8) is 0 Å². The molecule has 0 radical (unpaired) electrons. The summed E-state index contributed by atoms with van der Waals surface area (Å²) in [5, 5.41) is 9.58. The Kier molecular flexibility index (Phi) is 20.4. The van der Waals surface area contributed by atoms with Gasteiger partial charge >= 0.3 is 0 Å². The maximum Gasteiger partial charge on any atom is 0.255 e. The van der Waals surface area contributed by atoms with Gasteiger partial charge < -0.3 is 82.4 Å². The molecule has 5 rings (SSSR count). The van der Waals surface area contributed by atoms with Gasteiger partial charge in [-0.05, 0) is 45.1 Å². The Bertz CT molecular complexity index is 2210. The minimum atomic E-state index is -0.386. The van der Waals surface area contributed by atoms with E-state index in [0.29, 0.717) is 84.8 Å². The number of benzene rings is 5. The lowest BCUT2D eigenvalue weighted by atomic mass is 9.93. The highest BCUT2D eigenvalue weighted by molar-refractivity contribution is 6.26. The van der Waals surface area contributed by atoms with E-state index in [1.165, 1.54) is 0 Å². The van der Waals surface area contributed by atoms with Crippen LogP contribution >= 0.6 is 0 Å². The number of amides is 1. The molecule has 1 amide bonds. The average Bonchev–Trinajstić information content (AvgIpc) is 3.27. The number of ether oxygens (including phenoxy) is 9. The molecule has 0 saturated carbocycles. The maximum atomic E-state index is 14.2. The Morgan fingerprint density at radius 2 is 0.844 bits per heavy atom. The molecule has 0 atom stereocenters. The van der Waals surface area contributed by atoms with Crippen molar-refractivity contribution < 1.29 is 47.4 Å². The molecule has 0 aliphatic heterocycles. The molecule has 0 aliphatic carbocycles. The predicted octanol–water partition coefficient (Wildman–Crippen LogP) is 1.89. The van der Waals surface area contributed by atoms with Crippen molar-refractivity contribution in [3.05, 3.63) is 72.3 Å². The number of carbonyl (C=O) groups excluding carboxylic acids is 1. The second-order valence-corrected chi connectivity index (χ2v) is 13.9. The van der Waals surface area contributed by atoms with E-state index in [-0.39, 0.29) is 86.2 Å². The Morgan fingerprint density at radius 1 is 0.453 bits per heavy atom. The molecule has 20 nitrogen and oxygen atoms in total. The molecule has 346 valence electrons. The third-order valence-electron chi connectivity index (χ3n) is 9.21. The highest BCUT2D eigenvalue weighted by Crippen LogP contribution is 2.41. The van der Waals surface area contributed by atoms with Crippen LogP contribution in [0.3, 0.4) is 0 Å². The zero-order chi connectivity index (χ0) is 45.4. The van der Waals surface area contributed by atoms with Crippen LogP contribution in [-0.4, -0.2) is 143 Å². The molecule has 0 spiro atoms. The third kappa shape index (κ3) is 16.0. The Balaban J connectivity index is 1.30. The summed E-state index contributed by atoms with van der Waals surface area (Å²) in [6, 6.07) is 21.7. The molecular weight excluding hydrogens is 829 g/mol. The number of nitrogens with zero attached hydrogens (tertiary/aromatic N) is 3. The van der Waals surface area contributed by atoms with Crippen molar-refractivity contribution in [1.29, 1.82) is 0 Å². The van der Waals surface area contributed by atoms with Gasteiger partial charge in [0.1, 0.15) is 19.8 Å². The second kappa shape index (κ2) is 26.9. The van der Waals surface area contributed by atoms with Gasteiger partial charge in [-0.25, -0.2) is 0 Å². The molecule has 0 aromatic heterocycles. The number of carbonyl (C=O) groups is 1. The van der Waals surface area contributed by atoms with Crippen LogP contribution in [0.15, 0.2) is 81.7 Å². The molecule has 13 N–H and O–H groups in total. The molecule has 5 aromatic rings. The topological polar surface area (TPSA) is 305 Å². The SMILES string of the molecule is NC(N)=NCCOCCOCCOc1cc(C(=O)Nc2ccc3ccc4cccc5ccc2c3c45)cc(OCCOCCOCCN=C(N)N)c1OCCOCCOCCN=C(N)N. The number of nitrogens with one attached hydrogen (secondary N) is 1. The molecular formula is C44H60N10O10. The van der Waals surface area contributed by atoms with Gasteiger partial charge in [-0.1, -0.05) is 48.5 Å². The molecule has 64 heavy (non-hydrogen) atoms. The standard InChI is InChI=1S/C44H60N10O10/c45-42(46)51-10-13-56-16-19-59-22-25-62-36-28-33(41(55)54-35-9-7-32-5-4-30-2-1-3-31-6-8-34(35)39(32)38(30)31)29-37(63-26-23-60-20-17-57-14-11-52-43(47)48)40(36)64-27-24-61-21-18-58-15-12-53-44(49)50/h1-9,28-29H,10-27H2,(H,54,55)(H4,45,46,51)(H4,47,48,52)(H4,49,50,53). The second-order valence-electron chi connectivity index (χ2n) is 13.9. The molecule has 0 unspecified atom stereocenters. The van der Waals surface area contributed by atoms with Crippen molar-refractivity contribution in [2.75, 3.05) is 124 Å². The highest BCUT2D eigenvalue weighted by Gasteiger charge is 2.21. The summed E-state index contributed by atoms with van der Waals surface area (Å²) in [5.41, 5.74) is 33.0. The van der Waals surface area contributed by atoms with Crippen LogP contribution in [0.4, 0.5) is 5.69 Å². The van der Waals surface area contributed by atoms with Gasteiger partial charge in [-0.15, -0.1) is 0 Å². The Morgan fingerprint density at radius 3 is 1.31 bits per heavy atom. The number of anilines is 1. The van der Waals surface area contributed by atoms with E-state index in [1.807, 2.05) is 24.3 Å². The van der Waals surface area contributed by atoms with Gasteiger partial charge in [0.25, 0.3) is 5.91 Å². The van der Waals surface area contributed by atoms with Crippen LogP contribution in [-0.2, 0) is 28.4 Å². The van der Waals surface area contributed by atoms with Crippen molar-refractivity contribution >= 4 is 61.8 Å². The highest BCUT2D eigenvalue weighted by atomic mass is 16.6. The fourth-order valence-corrected chi connectivity index (χ4v) is 6.41. The quantitative estimate of drug-likeness (QED) is 0.0140. The van der Waals surface area contributed by atoms with Crippen molar-refractivity contribution in [2.45, 2.75) is 0 Å². The van der Waals surface area contributed by atoms with Crippen molar-refractivity contribution in [2.24, 2.45) is 49.4 Å².